The summed E-state index contributed by atoms with van der Waals surface area (Å²) in [6.45, 7) is 1.10. The number of carbonyl (C=O) groups excluding carboxylic acids is 1. The van der Waals surface area contributed by atoms with Gasteiger partial charge in [-0.1, -0.05) is 12.8 Å². The van der Waals surface area contributed by atoms with Crippen LogP contribution in [0, 0.1) is 23.7 Å². The topological polar surface area (TPSA) is 20.3 Å². The van der Waals surface area contributed by atoms with Crippen molar-refractivity contribution in [1.29, 1.82) is 0 Å². The van der Waals surface area contributed by atoms with Crippen molar-refractivity contribution in [3.05, 3.63) is 0 Å². The number of hydrogen-bond donors (Lipinski definition) is 0. The van der Waals surface area contributed by atoms with Crippen molar-refractivity contribution in [2.75, 3.05) is 6.54 Å². The van der Waals surface area contributed by atoms with Gasteiger partial charge in [0.2, 0.25) is 5.91 Å². The van der Waals surface area contributed by atoms with Crippen LogP contribution < -0.4 is 0 Å². The molecular formula is C16H25NO. The van der Waals surface area contributed by atoms with E-state index in [4.69, 9.17) is 0 Å². The largest absolute Gasteiger partial charge is 0.339 e. The molecule has 5 aliphatic rings. The fourth-order valence-corrected chi connectivity index (χ4v) is 5.46. The van der Waals surface area contributed by atoms with Crippen LogP contribution in [0.5, 0.6) is 0 Å². The molecule has 0 aromatic carbocycles. The first-order chi connectivity index (χ1) is 8.79. The zero-order valence-electron chi connectivity index (χ0n) is 11.3. The second-order valence-electron chi connectivity index (χ2n) is 7.40. The van der Waals surface area contributed by atoms with Crippen molar-refractivity contribution in [1.82, 2.24) is 4.90 Å². The maximum atomic E-state index is 12.7. The zero-order chi connectivity index (χ0) is 12.1. The molecule has 5 rings (SSSR count). The van der Waals surface area contributed by atoms with Gasteiger partial charge in [-0.3, -0.25) is 4.79 Å². The number of hydrogen-bond acceptors (Lipinski definition) is 1. The highest BCUT2D eigenvalue weighted by Gasteiger charge is 2.45. The van der Waals surface area contributed by atoms with Gasteiger partial charge in [0, 0.05) is 18.5 Å². The molecule has 2 aliphatic heterocycles. The summed E-state index contributed by atoms with van der Waals surface area (Å²) in [4.78, 5) is 15.1. The molecule has 2 nitrogen and oxygen atoms in total. The molecule has 2 heterocycles. The van der Waals surface area contributed by atoms with E-state index >= 15 is 0 Å². The van der Waals surface area contributed by atoms with Crippen LogP contribution in [-0.4, -0.2) is 23.4 Å². The molecular weight excluding hydrogens is 222 g/mol. The van der Waals surface area contributed by atoms with Gasteiger partial charge in [-0.2, -0.15) is 0 Å². The molecule has 0 aromatic heterocycles. The first-order valence-corrected chi connectivity index (χ1v) is 8.10. The molecule has 3 saturated carbocycles. The molecule has 100 valence electrons. The van der Waals surface area contributed by atoms with E-state index in [0.29, 0.717) is 17.9 Å². The van der Waals surface area contributed by atoms with Crippen LogP contribution in [0.15, 0.2) is 0 Å². The van der Waals surface area contributed by atoms with Crippen molar-refractivity contribution in [2.45, 2.75) is 63.8 Å². The molecule has 2 saturated heterocycles. The van der Waals surface area contributed by atoms with Crippen LogP contribution >= 0.6 is 0 Å². The van der Waals surface area contributed by atoms with E-state index in [1.54, 1.807) is 0 Å². The first-order valence-electron chi connectivity index (χ1n) is 8.10. The minimum Gasteiger partial charge on any atom is -0.339 e. The molecule has 18 heavy (non-hydrogen) atoms. The van der Waals surface area contributed by atoms with Crippen LogP contribution in [-0.2, 0) is 4.79 Å². The number of amides is 1. The molecule has 2 atom stereocenters. The second kappa shape index (κ2) is 4.25. The van der Waals surface area contributed by atoms with Crippen molar-refractivity contribution in [2.24, 2.45) is 23.7 Å². The highest BCUT2D eigenvalue weighted by molar-refractivity contribution is 5.79. The fourth-order valence-electron chi connectivity index (χ4n) is 5.46. The summed E-state index contributed by atoms with van der Waals surface area (Å²) >= 11 is 0. The van der Waals surface area contributed by atoms with Crippen molar-refractivity contribution in [3.8, 4) is 0 Å². The van der Waals surface area contributed by atoms with Crippen LogP contribution in [0.3, 0.4) is 0 Å². The molecule has 0 aromatic rings. The Morgan fingerprint density at radius 3 is 2.11 bits per heavy atom. The molecule has 0 spiro atoms. The molecule has 4 bridgehead atoms. The van der Waals surface area contributed by atoms with E-state index in [2.05, 4.69) is 4.90 Å². The Labute approximate surface area is 110 Å². The standard InChI is InChI=1S/C16H25NO/c18-16(14-3-1-2-4-14)17-10-13-6-11-5-12(7-13)9-15(17)8-11/h11-15H,1-10H2. The predicted molar refractivity (Wildman–Crippen MR) is 71.0 cm³/mol. The van der Waals surface area contributed by atoms with Gasteiger partial charge in [0.1, 0.15) is 0 Å². The number of carbonyl (C=O) groups is 1. The molecule has 3 aliphatic carbocycles. The van der Waals surface area contributed by atoms with E-state index in [1.165, 1.54) is 57.8 Å². The number of fused-ring (bicyclic) bond motifs is 1. The summed E-state index contributed by atoms with van der Waals surface area (Å²) in [5.41, 5.74) is 0. The maximum Gasteiger partial charge on any atom is 0.225 e. The third-order valence-electron chi connectivity index (χ3n) is 6.09. The Kier molecular flexibility index (Phi) is 2.67. The Morgan fingerprint density at radius 2 is 1.44 bits per heavy atom. The lowest BCUT2D eigenvalue weighted by Gasteiger charge is -2.39. The van der Waals surface area contributed by atoms with E-state index in [-0.39, 0.29) is 0 Å². The average molecular weight is 247 g/mol. The Bertz CT molecular complexity index is 333. The SMILES string of the molecule is O=C(C1CCCC1)N1CC2CC3CC(C2)CC1C3. The third kappa shape index (κ3) is 1.80. The van der Waals surface area contributed by atoms with Crippen LogP contribution in [0.2, 0.25) is 0 Å². The Morgan fingerprint density at radius 1 is 0.833 bits per heavy atom. The van der Waals surface area contributed by atoms with E-state index in [0.717, 1.165) is 24.3 Å². The Hall–Kier alpha value is -0.530. The number of nitrogens with zero attached hydrogens (tertiary/aromatic N) is 1. The quantitative estimate of drug-likeness (QED) is 0.696. The summed E-state index contributed by atoms with van der Waals surface area (Å²) in [5.74, 6) is 3.67. The maximum absolute atomic E-state index is 12.7. The second-order valence-corrected chi connectivity index (χ2v) is 7.40. The average Bonchev–Trinajstić information content (AvgIpc) is 2.80. The van der Waals surface area contributed by atoms with Crippen molar-refractivity contribution >= 4 is 5.91 Å². The third-order valence-corrected chi connectivity index (χ3v) is 6.09. The predicted octanol–water partition coefficient (Wildman–Crippen LogP) is 3.21. The van der Waals surface area contributed by atoms with Gasteiger partial charge in [-0.15, -0.1) is 0 Å². The van der Waals surface area contributed by atoms with Gasteiger partial charge in [-0.05, 0) is 62.7 Å². The number of rotatable bonds is 1. The normalized spacial score (nSPS) is 43.4. The first kappa shape index (κ1) is 11.3. The van der Waals surface area contributed by atoms with Gasteiger partial charge in [0.25, 0.3) is 0 Å². The lowest BCUT2D eigenvalue weighted by molar-refractivity contribution is -0.138. The lowest BCUT2D eigenvalue weighted by Crippen LogP contribution is -2.44. The highest BCUT2D eigenvalue weighted by atomic mass is 16.2. The Balaban J connectivity index is 1.55. The molecule has 0 N–H and O–H groups in total. The van der Waals surface area contributed by atoms with Crippen LogP contribution in [0.25, 0.3) is 0 Å². The van der Waals surface area contributed by atoms with Crippen molar-refractivity contribution < 1.29 is 4.79 Å². The smallest absolute Gasteiger partial charge is 0.225 e. The summed E-state index contributed by atoms with van der Waals surface area (Å²) in [6, 6.07) is 0.620. The summed E-state index contributed by atoms with van der Waals surface area (Å²) in [6.07, 6.45) is 11.9. The van der Waals surface area contributed by atoms with Crippen LogP contribution in [0.1, 0.15) is 57.8 Å². The van der Waals surface area contributed by atoms with Gasteiger partial charge in [0.05, 0.1) is 0 Å². The summed E-state index contributed by atoms with van der Waals surface area (Å²) < 4.78 is 0. The molecule has 1 amide bonds. The van der Waals surface area contributed by atoms with E-state index < -0.39 is 0 Å². The zero-order valence-corrected chi connectivity index (χ0v) is 11.3. The van der Waals surface area contributed by atoms with Gasteiger partial charge < -0.3 is 4.90 Å². The molecule has 0 radical (unpaired) electrons. The highest BCUT2D eigenvalue weighted by Crippen LogP contribution is 2.48. The van der Waals surface area contributed by atoms with E-state index in [1.807, 2.05) is 0 Å². The minimum absolute atomic E-state index is 0.390. The molecule has 2 heteroatoms. The monoisotopic (exact) mass is 247 g/mol. The fraction of sp³-hybridized carbons (Fsp3) is 0.938. The molecule has 5 fully saturated rings. The van der Waals surface area contributed by atoms with E-state index in [9.17, 15) is 4.79 Å². The van der Waals surface area contributed by atoms with Crippen LogP contribution in [0.4, 0.5) is 0 Å². The van der Waals surface area contributed by atoms with Gasteiger partial charge in [-0.25, -0.2) is 0 Å². The van der Waals surface area contributed by atoms with Gasteiger partial charge >= 0.3 is 0 Å². The molecule has 2 unspecified atom stereocenters. The summed E-state index contributed by atoms with van der Waals surface area (Å²) in [7, 11) is 0. The van der Waals surface area contributed by atoms with Gasteiger partial charge in [0.15, 0.2) is 0 Å². The van der Waals surface area contributed by atoms with Crippen molar-refractivity contribution in [3.63, 3.8) is 0 Å². The lowest BCUT2D eigenvalue weighted by atomic mass is 9.68. The summed E-state index contributed by atoms with van der Waals surface area (Å²) in [5, 5.41) is 0. The minimum atomic E-state index is 0.390.